The van der Waals surface area contributed by atoms with Crippen molar-refractivity contribution in [2.45, 2.75) is 31.3 Å². The largest absolute Gasteiger partial charge is 0.481 e. The second kappa shape index (κ2) is 5.77. The molecule has 1 aromatic carbocycles. The topological polar surface area (TPSA) is 69.6 Å². The number of carbonyl (C=O) groups excluding carboxylic acids is 1. The quantitative estimate of drug-likeness (QED) is 0.872. The number of nitrogens with one attached hydrogen (secondary N) is 1. The molecule has 1 aromatic rings. The number of fused-ring (bicyclic) bond motifs is 2. The van der Waals surface area contributed by atoms with E-state index < -0.39 is 5.97 Å². The molecule has 0 aliphatic carbocycles. The molecule has 112 valence electrons. The van der Waals surface area contributed by atoms with Crippen molar-refractivity contribution >= 4 is 33.5 Å². The Morgan fingerprint density at radius 2 is 2.10 bits per heavy atom. The second-order valence-electron chi connectivity index (χ2n) is 5.68. The summed E-state index contributed by atoms with van der Waals surface area (Å²) in [7, 11) is 0. The van der Waals surface area contributed by atoms with Gasteiger partial charge in [-0.25, -0.2) is 0 Å². The molecule has 0 radical (unpaired) electrons. The van der Waals surface area contributed by atoms with Crippen LogP contribution in [0, 0.1) is 5.92 Å². The van der Waals surface area contributed by atoms with Crippen LogP contribution in [0.5, 0.6) is 0 Å². The predicted octanol–water partition coefficient (Wildman–Crippen LogP) is 2.33. The van der Waals surface area contributed by atoms with E-state index in [4.69, 9.17) is 0 Å². The average Bonchev–Trinajstić information content (AvgIpc) is 2.98. The van der Waals surface area contributed by atoms with Gasteiger partial charge in [-0.05, 0) is 47.3 Å². The van der Waals surface area contributed by atoms with Crippen LogP contribution in [0.15, 0.2) is 28.7 Å². The Balaban J connectivity index is 1.64. The van der Waals surface area contributed by atoms with Gasteiger partial charge < -0.3 is 10.4 Å². The number of aliphatic carboxylic acids is 1. The van der Waals surface area contributed by atoms with Gasteiger partial charge in [-0.3, -0.25) is 14.5 Å². The molecule has 2 N–H and O–H groups in total. The summed E-state index contributed by atoms with van der Waals surface area (Å²) in [4.78, 5) is 25.5. The summed E-state index contributed by atoms with van der Waals surface area (Å²) >= 11 is 3.40. The van der Waals surface area contributed by atoms with Crippen LogP contribution in [0.1, 0.15) is 19.3 Å². The number of carboxylic acids is 1. The van der Waals surface area contributed by atoms with Crippen molar-refractivity contribution in [1.29, 1.82) is 0 Å². The molecule has 0 aromatic heterocycles. The molecule has 1 amide bonds. The number of hydrogen-bond donors (Lipinski definition) is 2. The molecule has 2 aliphatic rings. The van der Waals surface area contributed by atoms with Crippen LogP contribution >= 0.6 is 15.9 Å². The summed E-state index contributed by atoms with van der Waals surface area (Å²) in [6, 6.07) is 7.70. The van der Waals surface area contributed by atoms with Crippen LogP contribution in [0.2, 0.25) is 0 Å². The summed E-state index contributed by atoms with van der Waals surface area (Å²) < 4.78 is 0.839. The fraction of sp³-hybridized carbons (Fsp3) is 0.467. The van der Waals surface area contributed by atoms with Gasteiger partial charge >= 0.3 is 5.97 Å². The van der Waals surface area contributed by atoms with Crippen LogP contribution in [0.4, 0.5) is 5.69 Å². The van der Waals surface area contributed by atoms with Crippen molar-refractivity contribution in [1.82, 2.24) is 4.90 Å². The van der Waals surface area contributed by atoms with Gasteiger partial charge in [-0.1, -0.05) is 12.1 Å². The Kier molecular flexibility index (Phi) is 3.99. The average molecular weight is 353 g/mol. The molecular weight excluding hydrogens is 336 g/mol. The number of benzene rings is 1. The first kappa shape index (κ1) is 14.5. The highest BCUT2D eigenvalue weighted by Gasteiger charge is 2.49. The van der Waals surface area contributed by atoms with Gasteiger partial charge in [-0.2, -0.15) is 0 Å². The van der Waals surface area contributed by atoms with Crippen LogP contribution in [0.25, 0.3) is 0 Å². The van der Waals surface area contributed by atoms with E-state index in [0.717, 1.165) is 23.0 Å². The highest BCUT2D eigenvalue weighted by molar-refractivity contribution is 9.10. The van der Waals surface area contributed by atoms with Crippen LogP contribution in [0.3, 0.4) is 0 Å². The maximum absolute atomic E-state index is 12.2. The van der Waals surface area contributed by atoms with E-state index in [1.165, 1.54) is 0 Å². The Morgan fingerprint density at radius 3 is 2.76 bits per heavy atom. The normalized spacial score (nSPS) is 27.8. The number of carbonyl (C=O) groups is 2. The highest BCUT2D eigenvalue weighted by atomic mass is 79.9. The van der Waals surface area contributed by atoms with Gasteiger partial charge in [0.25, 0.3) is 0 Å². The molecule has 6 heteroatoms. The lowest BCUT2D eigenvalue weighted by Gasteiger charge is -2.22. The summed E-state index contributed by atoms with van der Waals surface area (Å²) in [6.45, 7) is 0.264. The van der Waals surface area contributed by atoms with Crippen molar-refractivity contribution in [2.75, 3.05) is 11.9 Å². The Hall–Kier alpha value is -1.40. The van der Waals surface area contributed by atoms with Crippen molar-refractivity contribution in [3.05, 3.63) is 28.7 Å². The molecular formula is C15H17BrN2O3. The van der Waals surface area contributed by atoms with E-state index in [1.54, 1.807) is 0 Å². The fourth-order valence-electron chi connectivity index (χ4n) is 3.53. The number of hydrogen-bond acceptors (Lipinski definition) is 3. The van der Waals surface area contributed by atoms with Gasteiger partial charge in [0.2, 0.25) is 5.91 Å². The minimum Gasteiger partial charge on any atom is -0.481 e. The summed E-state index contributed by atoms with van der Waals surface area (Å²) in [5, 5.41) is 12.1. The zero-order chi connectivity index (χ0) is 15.0. The van der Waals surface area contributed by atoms with E-state index >= 15 is 0 Å². The van der Waals surface area contributed by atoms with E-state index in [0.29, 0.717) is 6.42 Å². The maximum atomic E-state index is 12.2. The lowest BCUT2D eigenvalue weighted by molar-refractivity contribution is -0.142. The van der Waals surface area contributed by atoms with Gasteiger partial charge in [0.1, 0.15) is 0 Å². The van der Waals surface area contributed by atoms with Crippen LogP contribution < -0.4 is 5.32 Å². The van der Waals surface area contributed by atoms with Crippen molar-refractivity contribution in [3.8, 4) is 0 Å². The summed E-state index contributed by atoms with van der Waals surface area (Å²) in [6.07, 6.45) is 2.54. The molecule has 3 unspecified atom stereocenters. The van der Waals surface area contributed by atoms with Gasteiger partial charge in [-0.15, -0.1) is 0 Å². The predicted molar refractivity (Wildman–Crippen MR) is 82.0 cm³/mol. The molecule has 2 saturated heterocycles. The minimum atomic E-state index is -0.738. The molecule has 0 spiro atoms. The lowest BCUT2D eigenvalue weighted by Crippen LogP contribution is -2.38. The van der Waals surface area contributed by atoms with E-state index in [9.17, 15) is 14.7 Å². The molecule has 2 fully saturated rings. The molecule has 2 bridgehead atoms. The first-order chi connectivity index (χ1) is 10.1. The van der Waals surface area contributed by atoms with Gasteiger partial charge in [0.05, 0.1) is 18.2 Å². The first-order valence-electron chi connectivity index (χ1n) is 7.09. The Bertz CT molecular complexity index is 578. The van der Waals surface area contributed by atoms with Crippen LogP contribution in [-0.4, -0.2) is 40.5 Å². The maximum Gasteiger partial charge on any atom is 0.308 e. The van der Waals surface area contributed by atoms with Gasteiger partial charge in [0, 0.05) is 16.6 Å². The monoisotopic (exact) mass is 352 g/mol. The molecule has 0 saturated carbocycles. The third-order valence-corrected chi connectivity index (χ3v) is 5.16. The number of nitrogens with zero attached hydrogens (tertiary/aromatic N) is 1. The minimum absolute atomic E-state index is 0.0115. The smallest absolute Gasteiger partial charge is 0.308 e. The number of anilines is 1. The zero-order valence-electron chi connectivity index (χ0n) is 11.5. The summed E-state index contributed by atoms with van der Waals surface area (Å²) in [5.74, 6) is -1.15. The third kappa shape index (κ3) is 2.82. The molecule has 5 nitrogen and oxygen atoms in total. The number of halogens is 1. The highest BCUT2D eigenvalue weighted by Crippen LogP contribution is 2.41. The molecule has 2 heterocycles. The van der Waals surface area contributed by atoms with E-state index in [1.807, 2.05) is 24.3 Å². The van der Waals surface area contributed by atoms with Gasteiger partial charge in [0.15, 0.2) is 0 Å². The summed E-state index contributed by atoms with van der Waals surface area (Å²) in [5.41, 5.74) is 0.740. The number of rotatable bonds is 4. The lowest BCUT2D eigenvalue weighted by atomic mass is 9.89. The Labute approximate surface area is 131 Å². The van der Waals surface area contributed by atoms with Crippen molar-refractivity contribution in [2.24, 2.45) is 5.92 Å². The van der Waals surface area contributed by atoms with Crippen molar-refractivity contribution < 1.29 is 14.7 Å². The molecule has 21 heavy (non-hydrogen) atoms. The number of carboxylic acid groups (broad SMARTS) is 1. The third-order valence-electron chi connectivity index (χ3n) is 4.47. The molecule has 2 aliphatic heterocycles. The Morgan fingerprint density at radius 1 is 1.33 bits per heavy atom. The zero-order valence-corrected chi connectivity index (χ0v) is 13.0. The standard InChI is InChI=1S/C15H17BrN2O3/c16-11-3-1-2-4-12(11)17-14(19)8-18-9-5-6-13(18)10(7-9)15(20)21/h1-4,9-10,13H,5-8H2,(H,17,19)(H,20,21). The van der Waals surface area contributed by atoms with E-state index in [-0.39, 0.29) is 30.5 Å². The van der Waals surface area contributed by atoms with Crippen LogP contribution in [-0.2, 0) is 9.59 Å². The fourth-order valence-corrected chi connectivity index (χ4v) is 3.92. The number of para-hydroxylation sites is 1. The number of amides is 1. The van der Waals surface area contributed by atoms with E-state index in [2.05, 4.69) is 26.1 Å². The SMILES string of the molecule is O=C(CN1C2CCC1C(C(=O)O)C2)Nc1ccccc1Br. The second-order valence-corrected chi connectivity index (χ2v) is 6.53. The molecule has 3 rings (SSSR count). The van der Waals surface area contributed by atoms with Crippen molar-refractivity contribution in [3.63, 3.8) is 0 Å². The first-order valence-corrected chi connectivity index (χ1v) is 7.88. The molecule has 3 atom stereocenters.